The highest BCUT2D eigenvalue weighted by Gasteiger charge is 2.42. The average Bonchev–Trinajstić information content (AvgIpc) is 3.13. The second-order valence-corrected chi connectivity index (χ2v) is 6.84. The molecule has 4 rings (SSSR count). The molecule has 2 aromatic rings. The number of piperidine rings is 1. The van der Waals surface area contributed by atoms with Crippen molar-refractivity contribution < 1.29 is 9.53 Å². The van der Waals surface area contributed by atoms with Gasteiger partial charge in [0.25, 0.3) is 0 Å². The Labute approximate surface area is 152 Å². The van der Waals surface area contributed by atoms with E-state index in [9.17, 15) is 4.79 Å². The number of anilines is 1. The van der Waals surface area contributed by atoms with Gasteiger partial charge < -0.3 is 15.0 Å². The summed E-state index contributed by atoms with van der Waals surface area (Å²) in [7, 11) is 0. The summed E-state index contributed by atoms with van der Waals surface area (Å²) in [5.74, 6) is 1.17. The molecule has 2 aliphatic rings. The summed E-state index contributed by atoms with van der Waals surface area (Å²) in [5, 5.41) is 3.00. The third-order valence-corrected chi connectivity index (χ3v) is 5.14. The zero-order valence-electron chi connectivity index (χ0n) is 14.6. The van der Waals surface area contributed by atoms with Crippen LogP contribution in [-0.4, -0.2) is 52.7 Å². The van der Waals surface area contributed by atoms with E-state index in [0.717, 1.165) is 38.3 Å². The maximum absolute atomic E-state index is 12.4. The minimum Gasteiger partial charge on any atom is -0.363 e. The molecule has 1 N–H and O–H groups in total. The van der Waals surface area contributed by atoms with Crippen LogP contribution in [-0.2, 0) is 16.0 Å². The molecule has 0 saturated carbocycles. The zero-order chi connectivity index (χ0) is 17.8. The van der Waals surface area contributed by atoms with E-state index >= 15 is 0 Å². The lowest BCUT2D eigenvalue weighted by Gasteiger charge is -2.33. The van der Waals surface area contributed by atoms with Gasteiger partial charge in [0.1, 0.15) is 6.10 Å². The quantitative estimate of drug-likeness (QED) is 0.870. The van der Waals surface area contributed by atoms with Crippen LogP contribution in [0.25, 0.3) is 0 Å². The third-order valence-electron chi connectivity index (χ3n) is 5.14. The van der Waals surface area contributed by atoms with Gasteiger partial charge in [-0.15, -0.1) is 0 Å². The SMILES string of the molecule is O=C(NCCc1ccncc1)[C@@H]1C[C@H]2CCN(c3ncccn3)C[C@@H]2O1. The van der Waals surface area contributed by atoms with Crippen molar-refractivity contribution in [1.82, 2.24) is 20.3 Å². The van der Waals surface area contributed by atoms with Crippen LogP contribution in [0, 0.1) is 5.92 Å². The number of fused-ring (bicyclic) bond motifs is 1. The van der Waals surface area contributed by atoms with Gasteiger partial charge in [0.05, 0.1) is 6.10 Å². The smallest absolute Gasteiger partial charge is 0.249 e. The summed E-state index contributed by atoms with van der Waals surface area (Å²) in [6.45, 7) is 2.27. The van der Waals surface area contributed by atoms with Gasteiger partial charge in [0.2, 0.25) is 11.9 Å². The molecule has 7 heteroatoms. The first kappa shape index (κ1) is 16.9. The van der Waals surface area contributed by atoms with Gasteiger partial charge in [-0.25, -0.2) is 9.97 Å². The van der Waals surface area contributed by atoms with E-state index in [4.69, 9.17) is 4.74 Å². The maximum Gasteiger partial charge on any atom is 0.249 e. The normalized spacial score (nSPS) is 24.9. The van der Waals surface area contributed by atoms with Crippen molar-refractivity contribution in [3.8, 4) is 0 Å². The highest BCUT2D eigenvalue weighted by atomic mass is 16.5. The van der Waals surface area contributed by atoms with Crippen molar-refractivity contribution in [2.45, 2.75) is 31.5 Å². The Balaban J connectivity index is 1.27. The molecular weight excluding hydrogens is 330 g/mol. The number of nitrogens with zero attached hydrogens (tertiary/aromatic N) is 4. The minimum atomic E-state index is -0.348. The fraction of sp³-hybridized carbons (Fsp3) is 0.474. The van der Waals surface area contributed by atoms with Gasteiger partial charge >= 0.3 is 0 Å². The number of nitrogens with one attached hydrogen (secondary N) is 1. The second-order valence-electron chi connectivity index (χ2n) is 6.84. The van der Waals surface area contributed by atoms with Crippen molar-refractivity contribution >= 4 is 11.9 Å². The lowest BCUT2D eigenvalue weighted by molar-refractivity contribution is -0.131. The lowest BCUT2D eigenvalue weighted by Crippen LogP contribution is -2.43. The topological polar surface area (TPSA) is 80.2 Å². The lowest BCUT2D eigenvalue weighted by atomic mass is 9.92. The minimum absolute atomic E-state index is 0.00373. The number of carbonyl (C=O) groups is 1. The number of hydrogen-bond acceptors (Lipinski definition) is 6. The van der Waals surface area contributed by atoms with Crippen LogP contribution >= 0.6 is 0 Å². The number of pyridine rings is 1. The summed E-state index contributed by atoms with van der Waals surface area (Å²) in [5.41, 5.74) is 1.17. The van der Waals surface area contributed by atoms with Gasteiger partial charge in [-0.05, 0) is 48.9 Å². The molecule has 0 unspecified atom stereocenters. The monoisotopic (exact) mass is 353 g/mol. The van der Waals surface area contributed by atoms with Crippen LogP contribution in [0.5, 0.6) is 0 Å². The molecule has 26 heavy (non-hydrogen) atoms. The molecule has 0 aromatic carbocycles. The molecule has 0 aliphatic carbocycles. The van der Waals surface area contributed by atoms with E-state index in [1.165, 1.54) is 5.56 Å². The maximum atomic E-state index is 12.4. The van der Waals surface area contributed by atoms with Gasteiger partial charge in [-0.2, -0.15) is 0 Å². The van der Waals surface area contributed by atoms with Crippen molar-refractivity contribution in [1.29, 1.82) is 0 Å². The molecule has 3 atom stereocenters. The first-order chi connectivity index (χ1) is 12.8. The van der Waals surface area contributed by atoms with Crippen LogP contribution in [0.4, 0.5) is 5.95 Å². The number of hydrogen-bond donors (Lipinski definition) is 1. The molecule has 0 radical (unpaired) electrons. The second kappa shape index (κ2) is 7.78. The first-order valence-corrected chi connectivity index (χ1v) is 9.13. The Kier molecular flexibility index (Phi) is 5.06. The molecule has 0 spiro atoms. The Morgan fingerprint density at radius 1 is 1.23 bits per heavy atom. The Morgan fingerprint density at radius 2 is 2.04 bits per heavy atom. The molecule has 2 aliphatic heterocycles. The van der Waals surface area contributed by atoms with E-state index in [2.05, 4.69) is 25.2 Å². The van der Waals surface area contributed by atoms with Gasteiger partial charge in [-0.1, -0.05) is 0 Å². The highest BCUT2D eigenvalue weighted by molar-refractivity contribution is 5.81. The third kappa shape index (κ3) is 3.83. The summed E-state index contributed by atoms with van der Waals surface area (Å²) in [6, 6.07) is 5.74. The first-order valence-electron chi connectivity index (χ1n) is 9.13. The fourth-order valence-corrected chi connectivity index (χ4v) is 3.73. The molecule has 2 aromatic heterocycles. The number of amides is 1. The van der Waals surface area contributed by atoms with Crippen molar-refractivity contribution in [3.05, 3.63) is 48.5 Å². The van der Waals surface area contributed by atoms with Gasteiger partial charge in [-0.3, -0.25) is 9.78 Å². The van der Waals surface area contributed by atoms with Gasteiger partial charge in [0.15, 0.2) is 0 Å². The van der Waals surface area contributed by atoms with Gasteiger partial charge in [0, 0.05) is 44.4 Å². The summed E-state index contributed by atoms with van der Waals surface area (Å²) >= 11 is 0. The van der Waals surface area contributed by atoms with Crippen LogP contribution in [0.2, 0.25) is 0 Å². The molecule has 1 amide bonds. The molecule has 2 saturated heterocycles. The molecule has 4 heterocycles. The van der Waals surface area contributed by atoms with E-state index < -0.39 is 0 Å². The molecule has 7 nitrogen and oxygen atoms in total. The molecule has 2 fully saturated rings. The summed E-state index contributed by atoms with van der Waals surface area (Å²) in [6.07, 6.45) is 9.37. The Morgan fingerprint density at radius 3 is 2.85 bits per heavy atom. The van der Waals surface area contributed by atoms with Crippen LogP contribution < -0.4 is 10.2 Å². The molecule has 0 bridgehead atoms. The predicted molar refractivity (Wildman–Crippen MR) is 96.6 cm³/mol. The van der Waals surface area contributed by atoms with Crippen LogP contribution in [0.3, 0.4) is 0 Å². The standard InChI is InChI=1S/C19H23N5O2/c25-18(21-10-4-14-2-8-20-9-3-14)16-12-15-5-11-24(13-17(15)26-16)19-22-6-1-7-23-19/h1-3,6-9,15-17H,4-5,10-13H2,(H,21,25)/t15-,16+,17+/m1/s1. The summed E-state index contributed by atoms with van der Waals surface area (Å²) < 4.78 is 6.06. The van der Waals surface area contributed by atoms with Crippen LogP contribution in [0.15, 0.2) is 43.0 Å². The number of carbonyl (C=O) groups excluding carboxylic acids is 1. The van der Waals surface area contributed by atoms with E-state index in [1.54, 1.807) is 24.8 Å². The Bertz CT molecular complexity index is 727. The molecule has 136 valence electrons. The average molecular weight is 353 g/mol. The predicted octanol–water partition coefficient (Wildman–Crippen LogP) is 1.21. The zero-order valence-corrected chi connectivity index (χ0v) is 14.6. The number of ether oxygens (including phenoxy) is 1. The van der Waals surface area contributed by atoms with E-state index in [-0.39, 0.29) is 18.1 Å². The molecular formula is C19H23N5O2. The largest absolute Gasteiger partial charge is 0.363 e. The summed E-state index contributed by atoms with van der Waals surface area (Å²) in [4.78, 5) is 27.2. The number of rotatable bonds is 5. The van der Waals surface area contributed by atoms with Crippen LogP contribution in [0.1, 0.15) is 18.4 Å². The van der Waals surface area contributed by atoms with E-state index in [1.807, 2.05) is 18.2 Å². The Hall–Kier alpha value is -2.54. The van der Waals surface area contributed by atoms with E-state index in [0.29, 0.717) is 12.5 Å². The fourth-order valence-electron chi connectivity index (χ4n) is 3.73. The van der Waals surface area contributed by atoms with Crippen molar-refractivity contribution in [2.75, 3.05) is 24.5 Å². The van der Waals surface area contributed by atoms with Crippen molar-refractivity contribution in [2.24, 2.45) is 5.92 Å². The van der Waals surface area contributed by atoms with Crippen molar-refractivity contribution in [3.63, 3.8) is 0 Å². The number of aromatic nitrogens is 3. The highest BCUT2D eigenvalue weighted by Crippen LogP contribution is 2.34.